The van der Waals surface area contributed by atoms with E-state index in [2.05, 4.69) is 14.9 Å². The zero-order valence-corrected chi connectivity index (χ0v) is 14.3. The van der Waals surface area contributed by atoms with Crippen molar-refractivity contribution in [3.8, 4) is 5.75 Å². The van der Waals surface area contributed by atoms with Gasteiger partial charge in [0.25, 0.3) is 5.91 Å². The van der Waals surface area contributed by atoms with Crippen LogP contribution in [0.4, 0.5) is 4.79 Å². The molecule has 1 amide bonds. The van der Waals surface area contributed by atoms with Gasteiger partial charge >= 0.3 is 6.16 Å². The Morgan fingerprint density at radius 3 is 2.88 bits per heavy atom. The molecule has 1 N–H and O–H groups in total. The minimum Gasteiger partial charge on any atom is -0.451 e. The second-order valence-electron chi connectivity index (χ2n) is 5.59. The lowest BCUT2D eigenvalue weighted by molar-refractivity contribution is -0.0560. The molecule has 1 aromatic rings. The van der Waals surface area contributed by atoms with Crippen molar-refractivity contribution in [3.05, 3.63) is 28.2 Å². The Morgan fingerprint density at radius 1 is 1.35 bits per heavy atom. The molecule has 2 aliphatic rings. The highest BCUT2D eigenvalue weighted by Crippen LogP contribution is 2.25. The number of amides is 1. The SMILES string of the molecule is COCC1COC[C@H]2Nn3ccc(=O)c(OCOC(=O)OC)c3C(=O)N12. The zero-order valence-electron chi connectivity index (χ0n) is 14.3. The number of methoxy groups -OCH3 is 2. The van der Waals surface area contributed by atoms with Crippen molar-refractivity contribution >= 4 is 12.1 Å². The van der Waals surface area contributed by atoms with Gasteiger partial charge in [-0.2, -0.15) is 0 Å². The van der Waals surface area contributed by atoms with Crippen molar-refractivity contribution in [2.45, 2.75) is 12.2 Å². The molecule has 1 fully saturated rings. The van der Waals surface area contributed by atoms with Gasteiger partial charge in [0.2, 0.25) is 18.0 Å². The lowest BCUT2D eigenvalue weighted by atomic mass is 10.1. The third-order valence-electron chi connectivity index (χ3n) is 4.00. The van der Waals surface area contributed by atoms with E-state index in [1.54, 1.807) is 4.90 Å². The summed E-state index contributed by atoms with van der Waals surface area (Å²) >= 11 is 0. The summed E-state index contributed by atoms with van der Waals surface area (Å²) in [5.41, 5.74) is 2.57. The maximum absolute atomic E-state index is 13.1. The molecule has 3 rings (SSSR count). The molecule has 11 heteroatoms. The van der Waals surface area contributed by atoms with Crippen LogP contribution in [0.5, 0.6) is 5.75 Å². The van der Waals surface area contributed by atoms with E-state index in [1.807, 2.05) is 0 Å². The van der Waals surface area contributed by atoms with E-state index < -0.39 is 30.5 Å². The Morgan fingerprint density at radius 2 is 2.15 bits per heavy atom. The molecule has 2 atom stereocenters. The van der Waals surface area contributed by atoms with Crippen LogP contribution in [0.3, 0.4) is 0 Å². The Bertz CT molecular complexity index is 747. The van der Waals surface area contributed by atoms with Crippen molar-refractivity contribution in [1.82, 2.24) is 9.58 Å². The van der Waals surface area contributed by atoms with Crippen molar-refractivity contribution in [3.63, 3.8) is 0 Å². The summed E-state index contributed by atoms with van der Waals surface area (Å²) < 4.78 is 26.3. The molecule has 2 aliphatic heterocycles. The van der Waals surface area contributed by atoms with E-state index in [1.165, 1.54) is 24.0 Å². The van der Waals surface area contributed by atoms with E-state index in [0.29, 0.717) is 13.2 Å². The number of pyridine rings is 1. The number of aromatic nitrogens is 1. The van der Waals surface area contributed by atoms with Gasteiger partial charge in [-0.25, -0.2) is 4.79 Å². The minimum atomic E-state index is -0.965. The Hall–Kier alpha value is -2.79. The van der Waals surface area contributed by atoms with E-state index in [9.17, 15) is 14.4 Å². The topological polar surface area (TPSA) is 118 Å². The molecule has 0 spiro atoms. The second kappa shape index (κ2) is 7.62. The van der Waals surface area contributed by atoms with Gasteiger partial charge < -0.3 is 34.0 Å². The fourth-order valence-electron chi connectivity index (χ4n) is 2.90. The molecule has 142 valence electrons. The van der Waals surface area contributed by atoms with Crippen LogP contribution in [0.1, 0.15) is 10.5 Å². The smallest absolute Gasteiger partial charge is 0.451 e. The number of morpholine rings is 1. The largest absolute Gasteiger partial charge is 0.510 e. The first kappa shape index (κ1) is 18.0. The highest BCUT2D eigenvalue weighted by Gasteiger charge is 2.41. The molecule has 0 bridgehead atoms. The Labute approximate surface area is 148 Å². The molecule has 0 radical (unpaired) electrons. The third-order valence-corrected chi connectivity index (χ3v) is 4.00. The average Bonchev–Trinajstić information content (AvgIpc) is 2.63. The molecular weight excluding hydrogens is 350 g/mol. The van der Waals surface area contributed by atoms with E-state index in [0.717, 1.165) is 7.11 Å². The summed E-state index contributed by atoms with van der Waals surface area (Å²) in [7, 11) is 2.67. The molecule has 1 unspecified atom stereocenters. The van der Waals surface area contributed by atoms with E-state index in [-0.39, 0.29) is 24.1 Å². The predicted octanol–water partition coefficient (Wildman–Crippen LogP) is -0.662. The van der Waals surface area contributed by atoms with Crippen LogP contribution in [0.25, 0.3) is 0 Å². The van der Waals surface area contributed by atoms with Crippen LogP contribution in [0.15, 0.2) is 17.1 Å². The van der Waals surface area contributed by atoms with Gasteiger partial charge in [0.05, 0.1) is 33.0 Å². The van der Waals surface area contributed by atoms with Crippen molar-refractivity contribution in [2.24, 2.45) is 0 Å². The Kier molecular flexibility index (Phi) is 5.28. The zero-order chi connectivity index (χ0) is 18.7. The molecule has 11 nitrogen and oxygen atoms in total. The standard InChI is InChI=1S/C15H19N3O8/c1-22-5-9-6-24-7-11-16-17-4-3-10(19)13(12(17)14(20)18(9)11)25-8-26-15(21)23-2/h3-4,9,11,16H,5-8H2,1-2H3/t9?,11-/m0/s1. The number of nitrogens with zero attached hydrogens (tertiary/aromatic N) is 2. The van der Waals surface area contributed by atoms with Crippen LogP contribution in [-0.4, -0.2) is 74.7 Å². The van der Waals surface area contributed by atoms with Gasteiger partial charge in [0.15, 0.2) is 5.69 Å². The van der Waals surface area contributed by atoms with Gasteiger partial charge in [-0.1, -0.05) is 0 Å². The number of fused-ring (bicyclic) bond motifs is 2. The number of ether oxygens (including phenoxy) is 5. The Balaban J connectivity index is 1.90. The molecule has 0 saturated carbocycles. The van der Waals surface area contributed by atoms with Crippen molar-refractivity contribution in [1.29, 1.82) is 0 Å². The molecule has 3 heterocycles. The van der Waals surface area contributed by atoms with Gasteiger partial charge in [-0.15, -0.1) is 0 Å². The molecule has 26 heavy (non-hydrogen) atoms. The van der Waals surface area contributed by atoms with Gasteiger partial charge in [-0.05, 0) is 0 Å². The molecule has 0 aliphatic carbocycles. The van der Waals surface area contributed by atoms with Crippen LogP contribution in [-0.2, 0) is 18.9 Å². The van der Waals surface area contributed by atoms with Crippen LogP contribution < -0.4 is 15.6 Å². The number of carbonyl (C=O) groups excluding carboxylic acids is 2. The van der Waals surface area contributed by atoms with Crippen molar-refractivity contribution < 1.29 is 33.3 Å². The first-order chi connectivity index (χ1) is 12.6. The number of rotatable bonds is 5. The minimum absolute atomic E-state index is 0.00483. The van der Waals surface area contributed by atoms with Crippen LogP contribution >= 0.6 is 0 Å². The van der Waals surface area contributed by atoms with E-state index in [4.69, 9.17) is 14.2 Å². The third kappa shape index (κ3) is 3.30. The lowest BCUT2D eigenvalue weighted by Gasteiger charge is -2.45. The maximum Gasteiger partial charge on any atom is 0.510 e. The number of hydrogen-bond acceptors (Lipinski definition) is 9. The normalized spacial score (nSPS) is 21.3. The first-order valence-corrected chi connectivity index (χ1v) is 7.82. The molecule has 0 aromatic carbocycles. The quantitative estimate of drug-likeness (QED) is 0.533. The monoisotopic (exact) mass is 369 g/mol. The summed E-state index contributed by atoms with van der Waals surface area (Å²) in [5.74, 6) is -0.639. The highest BCUT2D eigenvalue weighted by molar-refractivity contribution is 5.96. The summed E-state index contributed by atoms with van der Waals surface area (Å²) in [4.78, 5) is 37.8. The van der Waals surface area contributed by atoms with Gasteiger partial charge in [0, 0.05) is 19.4 Å². The fraction of sp³-hybridized carbons (Fsp3) is 0.533. The summed E-state index contributed by atoms with van der Waals surface area (Å²) in [6, 6.07) is 0.922. The number of carbonyl (C=O) groups is 2. The summed E-state index contributed by atoms with van der Waals surface area (Å²) in [6.45, 7) is 0.318. The molecule has 1 saturated heterocycles. The summed E-state index contributed by atoms with van der Waals surface area (Å²) in [6.07, 6.45) is 0.0549. The van der Waals surface area contributed by atoms with E-state index >= 15 is 0 Å². The number of nitrogens with one attached hydrogen (secondary N) is 1. The van der Waals surface area contributed by atoms with Crippen molar-refractivity contribution in [2.75, 3.05) is 46.3 Å². The average molecular weight is 369 g/mol. The van der Waals surface area contributed by atoms with Gasteiger partial charge in [0.1, 0.15) is 6.17 Å². The first-order valence-electron chi connectivity index (χ1n) is 7.82. The lowest BCUT2D eigenvalue weighted by Crippen LogP contribution is -2.64. The fourth-order valence-corrected chi connectivity index (χ4v) is 2.90. The predicted molar refractivity (Wildman–Crippen MR) is 85.5 cm³/mol. The number of hydrogen-bond donors (Lipinski definition) is 1. The summed E-state index contributed by atoms with van der Waals surface area (Å²) in [5, 5.41) is 0. The highest BCUT2D eigenvalue weighted by atomic mass is 16.8. The maximum atomic E-state index is 13.1. The second-order valence-corrected chi connectivity index (χ2v) is 5.59. The van der Waals surface area contributed by atoms with Crippen LogP contribution in [0, 0.1) is 0 Å². The molecular formula is C15H19N3O8. The van der Waals surface area contributed by atoms with Gasteiger partial charge in [-0.3, -0.25) is 14.3 Å². The van der Waals surface area contributed by atoms with Crippen LogP contribution in [0.2, 0.25) is 0 Å². The molecule has 1 aromatic heterocycles.